The average Bonchev–Trinajstić information content (AvgIpc) is 2.93. The van der Waals surface area contributed by atoms with Crippen LogP contribution < -0.4 is 5.32 Å². The highest BCUT2D eigenvalue weighted by molar-refractivity contribution is 5.81. The fraction of sp³-hybridized carbons (Fsp3) is 0.769. The molecule has 3 heteroatoms. The van der Waals surface area contributed by atoms with Gasteiger partial charge in [-0.15, -0.1) is 6.58 Å². The summed E-state index contributed by atoms with van der Waals surface area (Å²) < 4.78 is 5.67. The van der Waals surface area contributed by atoms with Crippen molar-refractivity contribution < 1.29 is 9.53 Å². The zero-order valence-corrected chi connectivity index (χ0v) is 10.6. The molecule has 3 nitrogen and oxygen atoms in total. The van der Waals surface area contributed by atoms with Crippen LogP contribution in [-0.2, 0) is 9.53 Å². The largest absolute Gasteiger partial charge is 0.368 e. The molecule has 1 atom stereocenters. The number of ether oxygens (including phenoxy) is 1. The second-order valence-corrected chi connectivity index (χ2v) is 5.09. The average molecular weight is 225 g/mol. The van der Waals surface area contributed by atoms with E-state index in [9.17, 15) is 4.79 Å². The second-order valence-electron chi connectivity index (χ2n) is 5.09. The topological polar surface area (TPSA) is 38.3 Å². The van der Waals surface area contributed by atoms with Crippen LogP contribution in [0.25, 0.3) is 0 Å². The summed E-state index contributed by atoms with van der Waals surface area (Å²) in [5.41, 5.74) is 0.986. The lowest BCUT2D eigenvalue weighted by atomic mass is 10.1. The molecule has 0 aromatic rings. The lowest BCUT2D eigenvalue weighted by Gasteiger charge is -2.19. The smallest absolute Gasteiger partial charge is 0.249 e. The zero-order valence-electron chi connectivity index (χ0n) is 10.6. The SMILES string of the molecule is C=C(C)CC(OCC1CC1)C(=O)NC(C)C. The molecule has 1 unspecified atom stereocenters. The molecule has 1 aliphatic carbocycles. The first-order valence-electron chi connectivity index (χ1n) is 6.05. The van der Waals surface area contributed by atoms with Crippen molar-refractivity contribution in [2.75, 3.05) is 6.61 Å². The van der Waals surface area contributed by atoms with E-state index in [0.717, 1.165) is 5.57 Å². The van der Waals surface area contributed by atoms with Gasteiger partial charge in [-0.3, -0.25) is 4.79 Å². The van der Waals surface area contributed by atoms with Crippen LogP contribution >= 0.6 is 0 Å². The second kappa shape index (κ2) is 6.04. The Morgan fingerprint density at radius 2 is 2.12 bits per heavy atom. The van der Waals surface area contributed by atoms with E-state index in [1.165, 1.54) is 12.8 Å². The number of rotatable bonds is 7. The third-order valence-electron chi connectivity index (χ3n) is 2.49. The quantitative estimate of drug-likeness (QED) is 0.675. The van der Waals surface area contributed by atoms with E-state index in [4.69, 9.17) is 4.74 Å². The molecule has 16 heavy (non-hydrogen) atoms. The van der Waals surface area contributed by atoms with Gasteiger partial charge in [-0.25, -0.2) is 0 Å². The van der Waals surface area contributed by atoms with Crippen LogP contribution in [0, 0.1) is 5.92 Å². The van der Waals surface area contributed by atoms with E-state index >= 15 is 0 Å². The van der Waals surface area contributed by atoms with Crippen molar-refractivity contribution >= 4 is 5.91 Å². The molecule has 0 heterocycles. The number of hydrogen-bond acceptors (Lipinski definition) is 2. The molecular formula is C13H23NO2. The van der Waals surface area contributed by atoms with Crippen LogP contribution in [-0.4, -0.2) is 24.7 Å². The Kier molecular flexibility index (Phi) is 5.00. The van der Waals surface area contributed by atoms with Crippen LogP contribution in [0.1, 0.15) is 40.0 Å². The Morgan fingerprint density at radius 1 is 1.50 bits per heavy atom. The summed E-state index contributed by atoms with van der Waals surface area (Å²) in [4.78, 5) is 11.8. The van der Waals surface area contributed by atoms with Crippen molar-refractivity contribution in [2.24, 2.45) is 5.92 Å². The molecular weight excluding hydrogens is 202 g/mol. The highest BCUT2D eigenvalue weighted by Crippen LogP contribution is 2.29. The minimum absolute atomic E-state index is 0.0151. The number of carbonyl (C=O) groups is 1. The van der Waals surface area contributed by atoms with Gasteiger partial charge in [0.2, 0.25) is 5.91 Å². The first-order chi connectivity index (χ1) is 7.49. The summed E-state index contributed by atoms with van der Waals surface area (Å²) in [6, 6.07) is 0.157. The molecule has 0 aromatic heterocycles. The minimum atomic E-state index is -0.361. The molecule has 0 radical (unpaired) electrons. The molecule has 1 amide bonds. The molecule has 1 N–H and O–H groups in total. The van der Waals surface area contributed by atoms with Gasteiger partial charge in [0.25, 0.3) is 0 Å². The lowest BCUT2D eigenvalue weighted by Crippen LogP contribution is -2.40. The summed E-state index contributed by atoms with van der Waals surface area (Å²) >= 11 is 0. The summed E-state index contributed by atoms with van der Waals surface area (Å²) in [6.07, 6.45) is 2.74. The number of carbonyl (C=O) groups excluding carboxylic acids is 1. The van der Waals surface area contributed by atoms with E-state index in [1.807, 2.05) is 20.8 Å². The van der Waals surface area contributed by atoms with Crippen LogP contribution in [0.3, 0.4) is 0 Å². The zero-order chi connectivity index (χ0) is 12.1. The van der Waals surface area contributed by atoms with Crippen molar-refractivity contribution in [2.45, 2.75) is 52.2 Å². The lowest BCUT2D eigenvalue weighted by molar-refractivity contribution is -0.133. The first-order valence-corrected chi connectivity index (χ1v) is 6.05. The van der Waals surface area contributed by atoms with Crippen molar-refractivity contribution in [3.63, 3.8) is 0 Å². The first kappa shape index (κ1) is 13.2. The van der Waals surface area contributed by atoms with Crippen molar-refractivity contribution in [1.82, 2.24) is 5.32 Å². The number of hydrogen-bond donors (Lipinski definition) is 1. The third-order valence-corrected chi connectivity index (χ3v) is 2.49. The molecule has 0 aliphatic heterocycles. The van der Waals surface area contributed by atoms with Crippen LogP contribution in [0.15, 0.2) is 12.2 Å². The van der Waals surface area contributed by atoms with Gasteiger partial charge in [0.1, 0.15) is 6.10 Å². The summed E-state index contributed by atoms with van der Waals surface area (Å²) in [6.45, 7) is 10.4. The Balaban J connectivity index is 2.39. The van der Waals surface area contributed by atoms with Gasteiger partial charge in [0.05, 0.1) is 6.61 Å². The maximum absolute atomic E-state index is 11.8. The van der Waals surface area contributed by atoms with Crippen LogP contribution in [0.5, 0.6) is 0 Å². The van der Waals surface area contributed by atoms with Crippen LogP contribution in [0.2, 0.25) is 0 Å². The molecule has 92 valence electrons. The maximum atomic E-state index is 11.8. The number of nitrogens with one attached hydrogen (secondary N) is 1. The van der Waals surface area contributed by atoms with Gasteiger partial charge < -0.3 is 10.1 Å². The minimum Gasteiger partial charge on any atom is -0.368 e. The summed E-state index contributed by atoms with van der Waals surface area (Å²) in [5, 5.41) is 2.89. The molecule has 1 aliphatic rings. The van der Waals surface area contributed by atoms with E-state index in [1.54, 1.807) is 0 Å². The summed E-state index contributed by atoms with van der Waals surface area (Å²) in [7, 11) is 0. The van der Waals surface area contributed by atoms with Crippen LogP contribution in [0.4, 0.5) is 0 Å². The molecule has 1 rings (SSSR count). The normalized spacial score (nSPS) is 17.2. The fourth-order valence-corrected chi connectivity index (χ4v) is 1.46. The van der Waals surface area contributed by atoms with E-state index in [0.29, 0.717) is 18.9 Å². The highest BCUT2D eigenvalue weighted by atomic mass is 16.5. The molecule has 0 spiro atoms. The fourth-order valence-electron chi connectivity index (χ4n) is 1.46. The Labute approximate surface area is 98.2 Å². The monoisotopic (exact) mass is 225 g/mol. The number of amides is 1. The molecule has 0 bridgehead atoms. The van der Waals surface area contributed by atoms with Gasteiger partial charge in [0, 0.05) is 12.5 Å². The van der Waals surface area contributed by atoms with Gasteiger partial charge in [-0.05, 0) is 39.5 Å². The predicted molar refractivity (Wildman–Crippen MR) is 65.2 cm³/mol. The van der Waals surface area contributed by atoms with Crippen molar-refractivity contribution in [1.29, 1.82) is 0 Å². The Bertz CT molecular complexity index is 257. The van der Waals surface area contributed by atoms with Gasteiger partial charge in [0.15, 0.2) is 0 Å². The predicted octanol–water partition coefficient (Wildman–Crippen LogP) is 2.27. The van der Waals surface area contributed by atoms with E-state index < -0.39 is 0 Å². The standard InChI is InChI=1S/C13H23NO2/c1-9(2)7-12(13(15)14-10(3)4)16-8-11-5-6-11/h10-12H,1,5-8H2,2-4H3,(H,14,15). The van der Waals surface area contributed by atoms with Gasteiger partial charge >= 0.3 is 0 Å². The molecule has 0 saturated heterocycles. The Hall–Kier alpha value is -0.830. The van der Waals surface area contributed by atoms with E-state index in [-0.39, 0.29) is 18.1 Å². The molecule has 0 aromatic carbocycles. The molecule has 1 fully saturated rings. The van der Waals surface area contributed by atoms with Crippen molar-refractivity contribution in [3.05, 3.63) is 12.2 Å². The summed E-state index contributed by atoms with van der Waals surface area (Å²) in [5.74, 6) is 0.665. The van der Waals surface area contributed by atoms with Crippen molar-refractivity contribution in [3.8, 4) is 0 Å². The Morgan fingerprint density at radius 3 is 2.56 bits per heavy atom. The third kappa shape index (κ3) is 5.31. The van der Waals surface area contributed by atoms with Gasteiger partial charge in [-0.2, -0.15) is 0 Å². The maximum Gasteiger partial charge on any atom is 0.249 e. The van der Waals surface area contributed by atoms with Gasteiger partial charge in [-0.1, -0.05) is 5.57 Å². The highest BCUT2D eigenvalue weighted by Gasteiger charge is 2.26. The molecule has 1 saturated carbocycles. The van der Waals surface area contributed by atoms with E-state index in [2.05, 4.69) is 11.9 Å².